The van der Waals surface area contributed by atoms with Crippen LogP contribution in [0, 0.1) is 5.92 Å². The molecule has 1 aromatic rings. The summed E-state index contributed by atoms with van der Waals surface area (Å²) in [6, 6.07) is 5.22. The highest BCUT2D eigenvalue weighted by Crippen LogP contribution is 2.37. The molecule has 0 N–H and O–H groups in total. The second-order valence-electron chi connectivity index (χ2n) is 8.82. The van der Waals surface area contributed by atoms with Crippen LogP contribution in [0.5, 0.6) is 0 Å². The Hall–Kier alpha value is -1.25. The van der Waals surface area contributed by atoms with Gasteiger partial charge in [0.1, 0.15) is 0 Å². The third-order valence-electron chi connectivity index (χ3n) is 6.23. The molecule has 0 aliphatic carbocycles. The molecule has 1 aromatic carbocycles. The van der Waals surface area contributed by atoms with E-state index in [0.717, 1.165) is 5.56 Å². The van der Waals surface area contributed by atoms with Crippen molar-refractivity contribution < 1.29 is 27.3 Å². The van der Waals surface area contributed by atoms with E-state index in [1.54, 1.807) is 18.2 Å². The number of carbonyl (C=O) groups is 1. The fourth-order valence-corrected chi connectivity index (χ4v) is 3.80. The average molecular weight is 432 g/mol. The molecule has 2 aliphatic rings. The van der Waals surface area contributed by atoms with Crippen LogP contribution in [0.3, 0.4) is 0 Å². The number of halogens is 4. The Labute approximate surface area is 174 Å². The van der Waals surface area contributed by atoms with Crippen molar-refractivity contribution in [3.63, 3.8) is 0 Å². The molecule has 2 heterocycles. The largest absolute Gasteiger partial charge is 0.496 e. The van der Waals surface area contributed by atoms with Crippen LogP contribution in [-0.4, -0.2) is 48.4 Å². The first-order valence-corrected chi connectivity index (χ1v) is 10.2. The minimum atomic E-state index is -4.19. The number of amides is 1. The van der Waals surface area contributed by atoms with Gasteiger partial charge in [-0.1, -0.05) is 23.7 Å². The Balaban J connectivity index is 1.67. The third kappa shape index (κ3) is 4.75. The van der Waals surface area contributed by atoms with Crippen LogP contribution in [0.4, 0.5) is 13.2 Å². The number of rotatable bonds is 3. The minimum absolute atomic E-state index is 0.0466. The van der Waals surface area contributed by atoms with Crippen LogP contribution < -0.4 is 5.46 Å². The molecule has 4 nitrogen and oxygen atoms in total. The molecule has 2 saturated heterocycles. The predicted molar refractivity (Wildman–Crippen MR) is 106 cm³/mol. The minimum Gasteiger partial charge on any atom is -0.399 e. The molecular weight excluding hydrogens is 405 g/mol. The summed E-state index contributed by atoms with van der Waals surface area (Å²) in [6.07, 6.45) is -4.19. The van der Waals surface area contributed by atoms with Gasteiger partial charge in [0.05, 0.1) is 23.5 Å². The van der Waals surface area contributed by atoms with Crippen molar-refractivity contribution in [3.05, 3.63) is 28.8 Å². The Kier molecular flexibility index (Phi) is 6.02. The van der Waals surface area contributed by atoms with Gasteiger partial charge in [0.15, 0.2) is 0 Å². The number of nitrogens with zero attached hydrogens (tertiary/aromatic N) is 1. The van der Waals surface area contributed by atoms with Gasteiger partial charge in [-0.3, -0.25) is 4.79 Å². The topological polar surface area (TPSA) is 38.8 Å². The molecule has 2 aliphatic heterocycles. The van der Waals surface area contributed by atoms with E-state index in [1.807, 2.05) is 27.7 Å². The summed E-state index contributed by atoms with van der Waals surface area (Å²) in [4.78, 5) is 14.1. The summed E-state index contributed by atoms with van der Waals surface area (Å²) in [5, 5.41) is 0.477. The summed E-state index contributed by atoms with van der Waals surface area (Å²) in [7, 11) is -0.648. The van der Waals surface area contributed by atoms with E-state index in [2.05, 4.69) is 0 Å². The number of carbonyl (C=O) groups excluding carboxylic acids is 1. The van der Waals surface area contributed by atoms with Gasteiger partial charge in [-0.05, 0) is 52.2 Å². The fourth-order valence-electron chi connectivity index (χ4n) is 3.60. The normalized spacial score (nSPS) is 22.2. The molecule has 0 atom stereocenters. The van der Waals surface area contributed by atoms with E-state index in [9.17, 15) is 18.0 Å². The zero-order valence-corrected chi connectivity index (χ0v) is 17.9. The lowest BCUT2D eigenvalue weighted by Crippen LogP contribution is -2.42. The molecule has 2 fully saturated rings. The maximum atomic E-state index is 12.8. The van der Waals surface area contributed by atoms with Crippen molar-refractivity contribution in [3.8, 4) is 0 Å². The monoisotopic (exact) mass is 431 g/mol. The lowest BCUT2D eigenvalue weighted by Gasteiger charge is -2.33. The van der Waals surface area contributed by atoms with Gasteiger partial charge in [0.25, 0.3) is 0 Å². The van der Waals surface area contributed by atoms with E-state index >= 15 is 0 Å². The van der Waals surface area contributed by atoms with Crippen molar-refractivity contribution in [2.45, 2.75) is 64.3 Å². The maximum absolute atomic E-state index is 12.8. The first kappa shape index (κ1) is 22.4. The molecular formula is C20H26BClF3NO3. The van der Waals surface area contributed by atoms with Crippen molar-refractivity contribution in [1.82, 2.24) is 4.90 Å². The highest BCUT2D eigenvalue weighted by molar-refractivity contribution is 6.65. The number of likely N-dealkylation sites (tertiary alicyclic amines) is 1. The van der Waals surface area contributed by atoms with Gasteiger partial charge in [0, 0.05) is 23.6 Å². The SMILES string of the molecule is CC1(C)OB(c2cc(CC(=O)N3CCC(C(F)(F)F)CC3)ccc2Cl)OC1(C)C. The smallest absolute Gasteiger partial charge is 0.399 e. The van der Waals surface area contributed by atoms with E-state index in [-0.39, 0.29) is 38.3 Å². The summed E-state index contributed by atoms with van der Waals surface area (Å²) in [5.74, 6) is -1.51. The zero-order chi connectivity index (χ0) is 21.6. The highest BCUT2D eigenvalue weighted by Gasteiger charge is 2.52. The molecule has 160 valence electrons. The Bertz CT molecular complexity index is 761. The molecule has 0 aromatic heterocycles. The highest BCUT2D eigenvalue weighted by atomic mass is 35.5. The first-order valence-electron chi connectivity index (χ1n) is 9.78. The van der Waals surface area contributed by atoms with Crippen molar-refractivity contribution >= 4 is 30.1 Å². The molecule has 0 spiro atoms. The van der Waals surface area contributed by atoms with Crippen LogP contribution in [0.2, 0.25) is 5.02 Å². The lowest BCUT2D eigenvalue weighted by atomic mass is 9.78. The van der Waals surface area contributed by atoms with Crippen molar-refractivity contribution in [1.29, 1.82) is 0 Å². The summed E-state index contributed by atoms with van der Waals surface area (Å²) >= 11 is 6.34. The lowest BCUT2D eigenvalue weighted by molar-refractivity contribution is -0.186. The van der Waals surface area contributed by atoms with Crippen LogP contribution in [0.25, 0.3) is 0 Å². The summed E-state index contributed by atoms with van der Waals surface area (Å²) in [5.41, 5.74) is 0.333. The molecule has 9 heteroatoms. The van der Waals surface area contributed by atoms with Crippen LogP contribution in [0.1, 0.15) is 46.1 Å². The average Bonchev–Trinajstić information content (AvgIpc) is 2.83. The number of benzene rings is 1. The van der Waals surface area contributed by atoms with Gasteiger partial charge < -0.3 is 14.2 Å². The number of hydrogen-bond acceptors (Lipinski definition) is 3. The molecule has 3 rings (SSSR count). The van der Waals surface area contributed by atoms with Gasteiger partial charge >= 0.3 is 13.3 Å². The van der Waals surface area contributed by atoms with E-state index in [1.165, 1.54) is 4.90 Å². The second-order valence-corrected chi connectivity index (χ2v) is 9.22. The Morgan fingerprint density at radius 1 is 1.17 bits per heavy atom. The van der Waals surface area contributed by atoms with Crippen LogP contribution in [0.15, 0.2) is 18.2 Å². The molecule has 29 heavy (non-hydrogen) atoms. The quantitative estimate of drug-likeness (QED) is 0.680. The zero-order valence-electron chi connectivity index (χ0n) is 17.1. The molecule has 0 saturated carbocycles. The number of piperidine rings is 1. The maximum Gasteiger partial charge on any atom is 0.496 e. The van der Waals surface area contributed by atoms with E-state index in [0.29, 0.717) is 10.5 Å². The first-order chi connectivity index (χ1) is 13.3. The van der Waals surface area contributed by atoms with E-state index in [4.69, 9.17) is 20.9 Å². The molecule has 0 radical (unpaired) electrons. The van der Waals surface area contributed by atoms with E-state index < -0.39 is 30.4 Å². The summed E-state index contributed by atoms with van der Waals surface area (Å²) in [6.45, 7) is 8.02. The number of hydrogen-bond donors (Lipinski definition) is 0. The van der Waals surface area contributed by atoms with Gasteiger partial charge in [0.2, 0.25) is 5.91 Å². The molecule has 1 amide bonds. The third-order valence-corrected chi connectivity index (χ3v) is 6.58. The fraction of sp³-hybridized carbons (Fsp3) is 0.650. The van der Waals surface area contributed by atoms with Gasteiger partial charge in [-0.2, -0.15) is 13.2 Å². The standard InChI is InChI=1S/C20H26BClF3NO3/c1-18(2)19(3,4)29-21(28-18)15-11-13(5-6-16(15)22)12-17(27)26-9-7-14(8-10-26)20(23,24)25/h5-6,11,14H,7-10,12H2,1-4H3. The number of alkyl halides is 3. The van der Waals surface area contributed by atoms with Crippen molar-refractivity contribution in [2.75, 3.05) is 13.1 Å². The van der Waals surface area contributed by atoms with Gasteiger partial charge in [-0.25, -0.2) is 0 Å². The van der Waals surface area contributed by atoms with Crippen LogP contribution >= 0.6 is 11.6 Å². The Morgan fingerprint density at radius 3 is 2.24 bits per heavy atom. The summed E-state index contributed by atoms with van der Waals surface area (Å²) < 4.78 is 50.5. The van der Waals surface area contributed by atoms with Crippen LogP contribution in [-0.2, 0) is 20.5 Å². The van der Waals surface area contributed by atoms with Crippen molar-refractivity contribution in [2.24, 2.45) is 5.92 Å². The molecule has 0 unspecified atom stereocenters. The predicted octanol–water partition coefficient (Wildman–Crippen LogP) is 3.98. The Morgan fingerprint density at radius 2 is 1.72 bits per heavy atom. The second kappa shape index (κ2) is 7.78. The molecule has 0 bridgehead atoms. The van der Waals surface area contributed by atoms with Gasteiger partial charge in [-0.15, -0.1) is 0 Å².